The van der Waals surface area contributed by atoms with Gasteiger partial charge in [0.1, 0.15) is 5.75 Å². The first-order valence-corrected chi connectivity index (χ1v) is 13.1. The van der Waals surface area contributed by atoms with Gasteiger partial charge in [0.05, 0.1) is 42.0 Å². The SMILES string of the molecule is Cc1nc(/C(N)=C(\CN(CC2CC2)c2nnn(CC3CC3)n2)N(C)N)ccc1OC1CCCCC1. The predicted molar refractivity (Wildman–Crippen MR) is 135 cm³/mol. The number of ether oxygens (including phenoxy) is 1. The molecule has 10 nitrogen and oxygen atoms in total. The van der Waals surface area contributed by atoms with Crippen molar-refractivity contribution in [2.45, 2.75) is 77.4 Å². The van der Waals surface area contributed by atoms with E-state index in [1.807, 2.05) is 26.1 Å². The Morgan fingerprint density at radius 2 is 1.83 bits per heavy atom. The first-order valence-electron chi connectivity index (χ1n) is 13.1. The monoisotopic (exact) mass is 481 g/mol. The van der Waals surface area contributed by atoms with E-state index in [4.69, 9.17) is 21.3 Å². The van der Waals surface area contributed by atoms with Gasteiger partial charge in [-0.25, -0.2) is 10.8 Å². The molecule has 0 aliphatic heterocycles. The first-order chi connectivity index (χ1) is 17.0. The number of tetrazole rings is 1. The number of aryl methyl sites for hydroxylation is 1. The summed E-state index contributed by atoms with van der Waals surface area (Å²) in [5.74, 6) is 9.07. The smallest absolute Gasteiger partial charge is 0.266 e. The van der Waals surface area contributed by atoms with Crippen LogP contribution in [-0.2, 0) is 6.54 Å². The van der Waals surface area contributed by atoms with E-state index in [0.717, 1.165) is 43.1 Å². The lowest BCUT2D eigenvalue weighted by Crippen LogP contribution is -2.38. The van der Waals surface area contributed by atoms with Gasteiger partial charge in [0.15, 0.2) is 0 Å². The van der Waals surface area contributed by atoms with Gasteiger partial charge in [-0.15, -0.1) is 5.10 Å². The minimum absolute atomic E-state index is 0.283. The molecule has 3 aliphatic rings. The average Bonchev–Trinajstić information content (AvgIpc) is 3.78. The molecule has 35 heavy (non-hydrogen) atoms. The molecule has 2 aromatic rings. The van der Waals surface area contributed by atoms with Crippen LogP contribution in [0.5, 0.6) is 5.75 Å². The zero-order valence-electron chi connectivity index (χ0n) is 21.1. The summed E-state index contributed by atoms with van der Waals surface area (Å²) in [4.78, 5) is 8.65. The van der Waals surface area contributed by atoms with Crippen LogP contribution in [0.2, 0.25) is 0 Å². The number of hydrazine groups is 1. The summed E-state index contributed by atoms with van der Waals surface area (Å²) in [6.45, 7) is 4.17. The van der Waals surface area contributed by atoms with Gasteiger partial charge in [-0.05, 0) is 87.5 Å². The second-order valence-corrected chi connectivity index (χ2v) is 10.5. The van der Waals surface area contributed by atoms with Gasteiger partial charge in [-0.1, -0.05) is 11.5 Å². The molecular weight excluding hydrogens is 442 g/mol. The van der Waals surface area contributed by atoms with Crippen LogP contribution in [0.3, 0.4) is 0 Å². The van der Waals surface area contributed by atoms with Crippen LogP contribution in [0, 0.1) is 18.8 Å². The van der Waals surface area contributed by atoms with Crippen LogP contribution < -0.4 is 21.2 Å². The van der Waals surface area contributed by atoms with Crippen LogP contribution in [0.25, 0.3) is 5.70 Å². The maximum absolute atomic E-state index is 6.66. The Morgan fingerprint density at radius 1 is 1.09 bits per heavy atom. The first kappa shape index (κ1) is 23.8. The standard InChI is InChI=1S/C25H39N9O/c1-17-23(35-20-6-4-3-5-7-20)13-12-21(28-17)24(26)22(32(2)27)16-33(14-18-8-9-18)25-29-31-34(30-25)15-19-10-11-19/h12-13,18-20H,3-11,14-16,26-27H2,1-2H3/b24-22-. The molecule has 3 aliphatic carbocycles. The maximum Gasteiger partial charge on any atom is 0.266 e. The minimum atomic E-state index is 0.283. The Hall–Kier alpha value is -2.88. The molecule has 190 valence electrons. The van der Waals surface area contributed by atoms with Crippen LogP contribution >= 0.6 is 0 Å². The van der Waals surface area contributed by atoms with Gasteiger partial charge >= 0.3 is 0 Å². The lowest BCUT2D eigenvalue weighted by atomic mass is 9.98. The van der Waals surface area contributed by atoms with Crippen LogP contribution in [0.15, 0.2) is 17.8 Å². The van der Waals surface area contributed by atoms with Crippen molar-refractivity contribution in [2.24, 2.45) is 23.4 Å². The van der Waals surface area contributed by atoms with Crippen molar-refractivity contribution in [1.29, 1.82) is 0 Å². The highest BCUT2D eigenvalue weighted by Gasteiger charge is 2.29. The van der Waals surface area contributed by atoms with E-state index in [-0.39, 0.29) is 6.10 Å². The number of hydrogen-bond acceptors (Lipinski definition) is 9. The van der Waals surface area contributed by atoms with Gasteiger partial charge in [0.25, 0.3) is 5.95 Å². The van der Waals surface area contributed by atoms with E-state index in [0.29, 0.717) is 35.7 Å². The fourth-order valence-corrected chi connectivity index (χ4v) is 4.70. The molecule has 4 N–H and O–H groups in total. The topological polar surface area (TPSA) is 124 Å². The van der Waals surface area contributed by atoms with E-state index in [1.165, 1.54) is 44.9 Å². The second kappa shape index (κ2) is 10.4. The summed E-state index contributed by atoms with van der Waals surface area (Å²) in [6, 6.07) is 3.92. The second-order valence-electron chi connectivity index (χ2n) is 10.5. The molecule has 0 spiro atoms. The third-order valence-corrected chi connectivity index (χ3v) is 7.26. The van der Waals surface area contributed by atoms with Crippen molar-refractivity contribution in [3.05, 3.63) is 29.2 Å². The van der Waals surface area contributed by atoms with E-state index >= 15 is 0 Å². The zero-order valence-corrected chi connectivity index (χ0v) is 21.1. The normalized spacial score (nSPS) is 19.4. The summed E-state index contributed by atoms with van der Waals surface area (Å²) in [5.41, 5.74) is 9.53. The number of likely N-dealkylation sites (N-methyl/N-ethyl adjacent to an activating group) is 1. The van der Waals surface area contributed by atoms with E-state index < -0.39 is 0 Å². The molecule has 10 heteroatoms. The van der Waals surface area contributed by atoms with E-state index in [9.17, 15) is 0 Å². The van der Waals surface area contributed by atoms with Gasteiger partial charge in [-0.2, -0.15) is 4.80 Å². The van der Waals surface area contributed by atoms with Crippen molar-refractivity contribution in [2.75, 3.05) is 25.0 Å². The third kappa shape index (κ3) is 6.22. The molecule has 0 radical (unpaired) electrons. The molecule has 0 atom stereocenters. The van der Waals surface area contributed by atoms with Crippen molar-refractivity contribution in [1.82, 2.24) is 30.2 Å². The van der Waals surface area contributed by atoms with Gasteiger partial charge in [0, 0.05) is 13.6 Å². The number of anilines is 1. The number of hydrogen-bond donors (Lipinski definition) is 2. The van der Waals surface area contributed by atoms with Crippen molar-refractivity contribution in [3.63, 3.8) is 0 Å². The number of aromatic nitrogens is 5. The van der Waals surface area contributed by atoms with Crippen molar-refractivity contribution < 1.29 is 4.74 Å². The van der Waals surface area contributed by atoms with Gasteiger partial charge in [0.2, 0.25) is 0 Å². The highest BCUT2D eigenvalue weighted by molar-refractivity contribution is 5.64. The molecule has 0 unspecified atom stereocenters. The number of pyridine rings is 1. The summed E-state index contributed by atoms with van der Waals surface area (Å²) in [7, 11) is 1.81. The predicted octanol–water partition coefficient (Wildman–Crippen LogP) is 2.85. The van der Waals surface area contributed by atoms with Crippen LogP contribution in [0.1, 0.15) is 69.2 Å². The Kier molecular flexibility index (Phi) is 7.08. The molecule has 0 aromatic carbocycles. The van der Waals surface area contributed by atoms with Gasteiger partial charge < -0.3 is 20.4 Å². The molecular formula is C25H39N9O. The highest BCUT2D eigenvalue weighted by atomic mass is 16.5. The molecule has 3 saturated carbocycles. The van der Waals surface area contributed by atoms with E-state index in [2.05, 4.69) is 20.3 Å². The summed E-state index contributed by atoms with van der Waals surface area (Å²) >= 11 is 0. The van der Waals surface area contributed by atoms with Crippen LogP contribution in [0.4, 0.5) is 5.95 Å². The zero-order chi connectivity index (χ0) is 24.4. The summed E-state index contributed by atoms with van der Waals surface area (Å²) in [5, 5.41) is 14.9. The molecule has 0 saturated heterocycles. The highest BCUT2D eigenvalue weighted by Crippen LogP contribution is 2.32. The Morgan fingerprint density at radius 3 is 2.49 bits per heavy atom. The number of nitrogens with zero attached hydrogens (tertiary/aromatic N) is 7. The number of rotatable bonds is 11. The fourth-order valence-electron chi connectivity index (χ4n) is 4.70. The summed E-state index contributed by atoms with van der Waals surface area (Å²) < 4.78 is 6.25. The molecule has 3 fully saturated rings. The minimum Gasteiger partial charge on any atom is -0.489 e. The third-order valence-electron chi connectivity index (χ3n) is 7.26. The quantitative estimate of drug-likeness (QED) is 0.368. The fraction of sp³-hybridized carbons (Fsp3) is 0.680. The lowest BCUT2D eigenvalue weighted by molar-refractivity contribution is 0.153. The Balaban J connectivity index is 1.35. The Labute approximate surface area is 207 Å². The molecule has 2 aromatic heterocycles. The number of nitrogens with two attached hydrogens (primary N) is 2. The Bertz CT molecular complexity index is 1040. The largest absolute Gasteiger partial charge is 0.489 e. The summed E-state index contributed by atoms with van der Waals surface area (Å²) in [6.07, 6.45) is 11.2. The van der Waals surface area contributed by atoms with Crippen molar-refractivity contribution in [3.8, 4) is 5.75 Å². The molecule has 5 rings (SSSR count). The van der Waals surface area contributed by atoms with E-state index in [1.54, 1.807) is 9.81 Å². The molecule has 2 heterocycles. The van der Waals surface area contributed by atoms with Gasteiger partial charge in [-0.3, -0.25) is 0 Å². The average molecular weight is 482 g/mol. The maximum atomic E-state index is 6.66. The molecule has 0 bridgehead atoms. The van der Waals surface area contributed by atoms with Crippen LogP contribution in [-0.4, -0.2) is 56.4 Å². The molecule has 0 amide bonds. The lowest BCUT2D eigenvalue weighted by Gasteiger charge is -2.27. The van der Waals surface area contributed by atoms with Crippen molar-refractivity contribution >= 4 is 11.6 Å².